The minimum Gasteiger partial charge on any atom is -0.349 e. The zero-order valence-corrected chi connectivity index (χ0v) is 11.6. The standard InChI is InChI=1S/C14H18ClN3O/c15-10-7-16-12(17-8-10)9-18-13(19)11-6-14(11)4-2-1-3-5-14/h7-8,11H,1-6,9H2,(H,18,19)/t11-/m1/s1. The second-order valence-corrected chi connectivity index (χ2v) is 6.15. The third-order valence-electron chi connectivity index (χ3n) is 4.45. The molecule has 0 aliphatic heterocycles. The number of carbonyl (C=O) groups is 1. The van der Waals surface area contributed by atoms with E-state index in [0.717, 1.165) is 6.42 Å². The van der Waals surface area contributed by atoms with Crippen molar-refractivity contribution in [2.75, 3.05) is 0 Å². The van der Waals surface area contributed by atoms with E-state index in [-0.39, 0.29) is 11.8 Å². The van der Waals surface area contributed by atoms with Gasteiger partial charge in [0.05, 0.1) is 11.6 Å². The first-order chi connectivity index (χ1) is 9.20. The third-order valence-corrected chi connectivity index (χ3v) is 4.65. The highest BCUT2D eigenvalue weighted by atomic mass is 35.5. The normalized spacial score (nSPS) is 24.2. The first kappa shape index (κ1) is 12.9. The average Bonchev–Trinajstić information content (AvgIpc) is 3.12. The van der Waals surface area contributed by atoms with Crippen LogP contribution >= 0.6 is 11.6 Å². The van der Waals surface area contributed by atoms with Crippen LogP contribution in [0, 0.1) is 11.3 Å². The van der Waals surface area contributed by atoms with Gasteiger partial charge in [-0.15, -0.1) is 0 Å². The fraction of sp³-hybridized carbons (Fsp3) is 0.643. The van der Waals surface area contributed by atoms with Crippen LogP contribution < -0.4 is 5.32 Å². The van der Waals surface area contributed by atoms with Crippen molar-refractivity contribution in [1.82, 2.24) is 15.3 Å². The lowest BCUT2D eigenvalue weighted by Gasteiger charge is -2.21. The SMILES string of the molecule is O=C(NCc1ncc(Cl)cn1)[C@H]1CC12CCCCC2. The molecule has 2 aliphatic rings. The Morgan fingerprint density at radius 1 is 1.32 bits per heavy atom. The van der Waals surface area contributed by atoms with Crippen LogP contribution in [-0.4, -0.2) is 15.9 Å². The molecule has 102 valence electrons. The highest BCUT2D eigenvalue weighted by molar-refractivity contribution is 6.30. The van der Waals surface area contributed by atoms with Crippen molar-refractivity contribution in [3.05, 3.63) is 23.2 Å². The number of hydrogen-bond acceptors (Lipinski definition) is 3. The van der Waals surface area contributed by atoms with Gasteiger partial charge in [-0.1, -0.05) is 30.9 Å². The Balaban J connectivity index is 1.51. The first-order valence-electron chi connectivity index (χ1n) is 6.94. The molecule has 0 bridgehead atoms. The molecule has 1 aromatic rings. The van der Waals surface area contributed by atoms with Crippen LogP contribution in [0.4, 0.5) is 0 Å². The zero-order valence-electron chi connectivity index (χ0n) is 10.9. The molecule has 1 spiro atoms. The molecule has 1 heterocycles. The molecule has 0 aromatic carbocycles. The molecule has 0 radical (unpaired) electrons. The Labute approximate surface area is 118 Å². The molecular formula is C14H18ClN3O. The second-order valence-electron chi connectivity index (χ2n) is 5.72. The molecule has 5 heteroatoms. The van der Waals surface area contributed by atoms with E-state index >= 15 is 0 Å². The number of aromatic nitrogens is 2. The topological polar surface area (TPSA) is 54.9 Å². The molecule has 0 saturated heterocycles. The zero-order chi connectivity index (χ0) is 13.3. The summed E-state index contributed by atoms with van der Waals surface area (Å²) in [5, 5.41) is 3.46. The molecule has 1 N–H and O–H groups in total. The number of halogens is 1. The summed E-state index contributed by atoms with van der Waals surface area (Å²) >= 11 is 5.72. The van der Waals surface area contributed by atoms with E-state index in [1.165, 1.54) is 32.1 Å². The number of hydrogen-bond donors (Lipinski definition) is 1. The summed E-state index contributed by atoms with van der Waals surface area (Å²) in [4.78, 5) is 20.3. The van der Waals surface area contributed by atoms with Gasteiger partial charge in [-0.05, 0) is 24.7 Å². The highest BCUT2D eigenvalue weighted by Crippen LogP contribution is 2.61. The molecule has 1 atom stereocenters. The summed E-state index contributed by atoms with van der Waals surface area (Å²) in [6.07, 6.45) is 10.5. The predicted molar refractivity (Wildman–Crippen MR) is 72.5 cm³/mol. The molecule has 2 saturated carbocycles. The predicted octanol–water partition coefficient (Wildman–Crippen LogP) is 2.72. The van der Waals surface area contributed by atoms with Crippen LogP contribution in [0.5, 0.6) is 0 Å². The van der Waals surface area contributed by atoms with Gasteiger partial charge in [0.15, 0.2) is 0 Å². The maximum Gasteiger partial charge on any atom is 0.224 e. The van der Waals surface area contributed by atoms with Crippen LogP contribution in [0.1, 0.15) is 44.3 Å². The summed E-state index contributed by atoms with van der Waals surface area (Å²) in [6.45, 7) is 0.391. The van der Waals surface area contributed by atoms with Crippen LogP contribution in [-0.2, 0) is 11.3 Å². The molecule has 4 nitrogen and oxygen atoms in total. The Morgan fingerprint density at radius 3 is 2.68 bits per heavy atom. The Kier molecular flexibility index (Phi) is 3.44. The quantitative estimate of drug-likeness (QED) is 0.925. The summed E-state index contributed by atoms with van der Waals surface area (Å²) in [5.74, 6) is 0.997. The monoisotopic (exact) mass is 279 g/mol. The van der Waals surface area contributed by atoms with Crippen molar-refractivity contribution in [2.45, 2.75) is 45.1 Å². The molecule has 1 amide bonds. The second kappa shape index (κ2) is 5.08. The Bertz CT molecular complexity index is 468. The Morgan fingerprint density at radius 2 is 2.00 bits per heavy atom. The van der Waals surface area contributed by atoms with Gasteiger partial charge in [-0.2, -0.15) is 0 Å². The van der Waals surface area contributed by atoms with E-state index < -0.39 is 0 Å². The lowest BCUT2D eigenvalue weighted by atomic mass is 9.84. The van der Waals surface area contributed by atoms with Crippen molar-refractivity contribution in [3.63, 3.8) is 0 Å². The van der Waals surface area contributed by atoms with Crippen molar-refractivity contribution < 1.29 is 4.79 Å². The molecule has 19 heavy (non-hydrogen) atoms. The number of nitrogens with zero attached hydrogens (tertiary/aromatic N) is 2. The van der Waals surface area contributed by atoms with Crippen molar-refractivity contribution in [3.8, 4) is 0 Å². The van der Waals surface area contributed by atoms with Gasteiger partial charge >= 0.3 is 0 Å². The lowest BCUT2D eigenvalue weighted by Crippen LogP contribution is -2.28. The maximum atomic E-state index is 12.1. The largest absolute Gasteiger partial charge is 0.349 e. The minimum atomic E-state index is 0.167. The van der Waals surface area contributed by atoms with Crippen molar-refractivity contribution in [2.24, 2.45) is 11.3 Å². The van der Waals surface area contributed by atoms with Crippen molar-refractivity contribution in [1.29, 1.82) is 0 Å². The van der Waals surface area contributed by atoms with Gasteiger partial charge in [0.1, 0.15) is 5.82 Å². The maximum absolute atomic E-state index is 12.1. The molecule has 2 fully saturated rings. The first-order valence-corrected chi connectivity index (χ1v) is 7.32. The third kappa shape index (κ3) is 2.73. The highest BCUT2D eigenvalue weighted by Gasteiger charge is 2.57. The molecule has 2 aliphatic carbocycles. The average molecular weight is 280 g/mol. The van der Waals surface area contributed by atoms with Crippen LogP contribution in [0.3, 0.4) is 0 Å². The summed E-state index contributed by atoms with van der Waals surface area (Å²) < 4.78 is 0. The van der Waals surface area contributed by atoms with Gasteiger partial charge in [0, 0.05) is 18.3 Å². The molecular weight excluding hydrogens is 262 g/mol. The van der Waals surface area contributed by atoms with Gasteiger partial charge < -0.3 is 5.32 Å². The minimum absolute atomic E-state index is 0.167. The Hall–Kier alpha value is -1.16. The fourth-order valence-electron chi connectivity index (χ4n) is 3.25. The number of rotatable bonds is 3. The lowest BCUT2D eigenvalue weighted by molar-refractivity contribution is -0.123. The smallest absolute Gasteiger partial charge is 0.224 e. The van der Waals surface area contributed by atoms with Crippen molar-refractivity contribution >= 4 is 17.5 Å². The number of carbonyl (C=O) groups excluding carboxylic acids is 1. The van der Waals surface area contributed by atoms with E-state index in [2.05, 4.69) is 15.3 Å². The molecule has 1 aromatic heterocycles. The van der Waals surface area contributed by atoms with E-state index in [1.54, 1.807) is 12.4 Å². The number of amides is 1. The van der Waals surface area contributed by atoms with E-state index in [1.807, 2.05) is 0 Å². The fourth-order valence-corrected chi connectivity index (χ4v) is 3.34. The van der Waals surface area contributed by atoms with Gasteiger partial charge in [-0.25, -0.2) is 9.97 Å². The van der Waals surface area contributed by atoms with Gasteiger partial charge in [-0.3, -0.25) is 4.79 Å². The van der Waals surface area contributed by atoms with Crippen LogP contribution in [0.15, 0.2) is 12.4 Å². The van der Waals surface area contributed by atoms with Gasteiger partial charge in [0.2, 0.25) is 5.91 Å². The summed E-state index contributed by atoms with van der Waals surface area (Å²) in [7, 11) is 0. The van der Waals surface area contributed by atoms with Crippen LogP contribution in [0.2, 0.25) is 5.02 Å². The van der Waals surface area contributed by atoms with Gasteiger partial charge in [0.25, 0.3) is 0 Å². The van der Waals surface area contributed by atoms with E-state index in [4.69, 9.17) is 11.6 Å². The van der Waals surface area contributed by atoms with Crippen LogP contribution in [0.25, 0.3) is 0 Å². The summed E-state index contributed by atoms with van der Waals surface area (Å²) in [6, 6.07) is 0. The molecule has 3 rings (SSSR count). The number of nitrogens with one attached hydrogen (secondary N) is 1. The van der Waals surface area contributed by atoms with E-state index in [0.29, 0.717) is 22.8 Å². The van der Waals surface area contributed by atoms with E-state index in [9.17, 15) is 4.79 Å². The molecule has 0 unspecified atom stereocenters. The summed E-state index contributed by atoms with van der Waals surface area (Å²) in [5.41, 5.74) is 0.336.